The van der Waals surface area contributed by atoms with Crippen molar-refractivity contribution in [2.45, 2.75) is 26.8 Å². The summed E-state index contributed by atoms with van der Waals surface area (Å²) in [6.07, 6.45) is 1.06. The molecule has 1 fully saturated rings. The molecule has 102 valence electrons. The number of nitrogens with zero attached hydrogens (tertiary/aromatic N) is 3. The maximum Gasteiger partial charge on any atom is 0.168 e. The summed E-state index contributed by atoms with van der Waals surface area (Å²) in [4.78, 5) is 7.89. The molecule has 0 amide bonds. The Morgan fingerprint density at radius 2 is 1.94 bits per heavy atom. The van der Waals surface area contributed by atoms with Crippen LogP contribution in [-0.4, -0.2) is 42.6 Å². The van der Waals surface area contributed by atoms with E-state index in [1.165, 1.54) is 0 Å². The molecule has 1 aromatic heterocycles. The molecule has 1 saturated heterocycles. The highest BCUT2D eigenvalue weighted by Crippen LogP contribution is 2.19. The number of rotatable bonds is 1. The summed E-state index contributed by atoms with van der Waals surface area (Å²) in [5.41, 5.74) is 0. The third kappa shape index (κ3) is 3.38. The second kappa shape index (κ2) is 6.64. The summed E-state index contributed by atoms with van der Waals surface area (Å²) in [7, 11) is 2.04. The van der Waals surface area contributed by atoms with Crippen molar-refractivity contribution in [3.8, 4) is 0 Å². The van der Waals surface area contributed by atoms with Crippen LogP contribution in [0.3, 0.4) is 0 Å². The third-order valence-corrected chi connectivity index (χ3v) is 3.05. The standard InChI is InChI=1S/C11H15F2N3.C2H6/c1-8-7-16(4-3-15(8)2)11-10(13)5-9(12)6-14-11;1-2/h5-6,8H,3-4,7H2,1-2H3;1-2H3/t8-;/m1./s1. The Hall–Kier alpha value is -1.23. The minimum atomic E-state index is -0.636. The zero-order valence-electron chi connectivity index (χ0n) is 11.5. The lowest BCUT2D eigenvalue weighted by molar-refractivity contribution is 0.232. The van der Waals surface area contributed by atoms with Crippen LogP contribution in [-0.2, 0) is 0 Å². The SMILES string of the molecule is CC.C[C@@H]1CN(c2ncc(F)cc2F)CCN1C. The van der Waals surface area contributed by atoms with Crippen molar-refractivity contribution in [1.29, 1.82) is 0 Å². The number of halogens is 2. The monoisotopic (exact) mass is 257 g/mol. The van der Waals surface area contributed by atoms with Gasteiger partial charge in [-0.3, -0.25) is 0 Å². The molecule has 0 unspecified atom stereocenters. The normalized spacial score (nSPS) is 20.3. The molecule has 0 bridgehead atoms. The molecule has 2 rings (SSSR count). The number of aromatic nitrogens is 1. The lowest BCUT2D eigenvalue weighted by atomic mass is 10.2. The van der Waals surface area contributed by atoms with E-state index in [-0.39, 0.29) is 5.82 Å². The average Bonchev–Trinajstić information content (AvgIpc) is 2.35. The predicted octanol–water partition coefficient (Wildman–Crippen LogP) is 2.53. The lowest BCUT2D eigenvalue weighted by Gasteiger charge is -2.38. The molecule has 1 atom stereocenters. The van der Waals surface area contributed by atoms with Gasteiger partial charge in [-0.15, -0.1) is 0 Å². The van der Waals surface area contributed by atoms with Gasteiger partial charge in [0.2, 0.25) is 0 Å². The van der Waals surface area contributed by atoms with E-state index in [1.54, 1.807) is 0 Å². The van der Waals surface area contributed by atoms with Crippen LogP contribution in [0.25, 0.3) is 0 Å². The van der Waals surface area contributed by atoms with E-state index < -0.39 is 11.6 Å². The van der Waals surface area contributed by atoms with E-state index in [0.29, 0.717) is 12.6 Å². The van der Waals surface area contributed by atoms with Crippen LogP contribution < -0.4 is 4.90 Å². The average molecular weight is 257 g/mol. The van der Waals surface area contributed by atoms with Gasteiger partial charge in [-0.1, -0.05) is 13.8 Å². The highest BCUT2D eigenvalue weighted by atomic mass is 19.1. The molecule has 1 aromatic rings. The Balaban J connectivity index is 0.000000771. The van der Waals surface area contributed by atoms with Gasteiger partial charge in [0.15, 0.2) is 11.6 Å². The van der Waals surface area contributed by atoms with Crippen LogP contribution in [0.5, 0.6) is 0 Å². The Morgan fingerprint density at radius 3 is 2.50 bits per heavy atom. The molecule has 3 nitrogen and oxygen atoms in total. The molecule has 0 spiro atoms. The summed E-state index contributed by atoms with van der Waals surface area (Å²) >= 11 is 0. The number of hydrogen-bond acceptors (Lipinski definition) is 3. The van der Waals surface area contributed by atoms with Crippen LogP contribution in [0.1, 0.15) is 20.8 Å². The Kier molecular flexibility index (Phi) is 5.47. The topological polar surface area (TPSA) is 19.4 Å². The first-order valence-electron chi connectivity index (χ1n) is 6.34. The molecule has 0 saturated carbocycles. The minimum Gasteiger partial charge on any atom is -0.351 e. The Labute approximate surface area is 107 Å². The van der Waals surface area contributed by atoms with Crippen molar-refractivity contribution in [2.75, 3.05) is 31.6 Å². The summed E-state index contributed by atoms with van der Waals surface area (Å²) in [5, 5.41) is 0. The van der Waals surface area contributed by atoms with Gasteiger partial charge >= 0.3 is 0 Å². The van der Waals surface area contributed by atoms with Crippen molar-refractivity contribution in [3.63, 3.8) is 0 Å². The van der Waals surface area contributed by atoms with Gasteiger partial charge in [0.25, 0.3) is 0 Å². The van der Waals surface area contributed by atoms with Crippen molar-refractivity contribution < 1.29 is 8.78 Å². The van der Waals surface area contributed by atoms with Gasteiger partial charge < -0.3 is 9.80 Å². The van der Waals surface area contributed by atoms with E-state index in [9.17, 15) is 8.78 Å². The molecule has 1 aliphatic rings. The molecule has 0 N–H and O–H groups in total. The van der Waals surface area contributed by atoms with Gasteiger partial charge in [-0.2, -0.15) is 0 Å². The first kappa shape index (κ1) is 14.8. The smallest absolute Gasteiger partial charge is 0.168 e. The highest BCUT2D eigenvalue weighted by molar-refractivity contribution is 5.40. The van der Waals surface area contributed by atoms with Gasteiger partial charge in [-0.05, 0) is 14.0 Å². The summed E-state index contributed by atoms with van der Waals surface area (Å²) in [6, 6.07) is 1.23. The van der Waals surface area contributed by atoms with Crippen LogP contribution in [0.4, 0.5) is 14.6 Å². The molecule has 0 aliphatic carbocycles. The quantitative estimate of drug-likeness (QED) is 0.770. The first-order valence-corrected chi connectivity index (χ1v) is 6.34. The first-order chi connectivity index (χ1) is 8.58. The van der Waals surface area contributed by atoms with Crippen molar-refractivity contribution in [2.24, 2.45) is 0 Å². The molecule has 1 aliphatic heterocycles. The predicted molar refractivity (Wildman–Crippen MR) is 69.8 cm³/mol. The van der Waals surface area contributed by atoms with E-state index in [4.69, 9.17) is 0 Å². The maximum absolute atomic E-state index is 13.5. The molecule has 0 radical (unpaired) electrons. The van der Waals surface area contributed by atoms with E-state index in [1.807, 2.05) is 25.8 Å². The fourth-order valence-corrected chi connectivity index (χ4v) is 1.88. The van der Waals surface area contributed by atoms with Gasteiger partial charge in [0, 0.05) is 31.7 Å². The van der Waals surface area contributed by atoms with Crippen molar-refractivity contribution >= 4 is 5.82 Å². The number of anilines is 1. The van der Waals surface area contributed by atoms with Crippen molar-refractivity contribution in [1.82, 2.24) is 9.88 Å². The van der Waals surface area contributed by atoms with Crippen LogP contribution >= 0.6 is 0 Å². The molecular weight excluding hydrogens is 236 g/mol. The van der Waals surface area contributed by atoms with E-state index in [0.717, 1.165) is 25.4 Å². The summed E-state index contributed by atoms with van der Waals surface area (Å²) in [5.74, 6) is -0.971. The van der Waals surface area contributed by atoms with Gasteiger partial charge in [0.1, 0.15) is 5.82 Å². The maximum atomic E-state index is 13.5. The summed E-state index contributed by atoms with van der Waals surface area (Å²) < 4.78 is 26.2. The lowest BCUT2D eigenvalue weighted by Crippen LogP contribution is -2.50. The van der Waals surface area contributed by atoms with Crippen molar-refractivity contribution in [3.05, 3.63) is 23.9 Å². The summed E-state index contributed by atoms with van der Waals surface area (Å²) in [6.45, 7) is 8.37. The van der Waals surface area contributed by atoms with Crippen LogP contribution in [0, 0.1) is 11.6 Å². The number of pyridine rings is 1. The molecular formula is C13H21F2N3. The second-order valence-electron chi connectivity index (χ2n) is 4.23. The fourth-order valence-electron chi connectivity index (χ4n) is 1.88. The Bertz CT molecular complexity index is 384. The van der Waals surface area contributed by atoms with Gasteiger partial charge in [-0.25, -0.2) is 13.8 Å². The number of piperazine rings is 1. The molecule has 2 heterocycles. The third-order valence-electron chi connectivity index (χ3n) is 3.05. The van der Waals surface area contributed by atoms with Crippen LogP contribution in [0.15, 0.2) is 12.3 Å². The van der Waals surface area contributed by atoms with Crippen LogP contribution in [0.2, 0.25) is 0 Å². The van der Waals surface area contributed by atoms with Gasteiger partial charge in [0.05, 0.1) is 6.20 Å². The molecule has 18 heavy (non-hydrogen) atoms. The zero-order chi connectivity index (χ0) is 13.7. The fraction of sp³-hybridized carbons (Fsp3) is 0.615. The number of likely N-dealkylation sites (N-methyl/N-ethyl adjacent to an activating group) is 1. The number of hydrogen-bond donors (Lipinski definition) is 0. The molecule has 5 heteroatoms. The second-order valence-corrected chi connectivity index (χ2v) is 4.23. The highest BCUT2D eigenvalue weighted by Gasteiger charge is 2.23. The van der Waals surface area contributed by atoms with E-state index in [2.05, 4.69) is 16.8 Å². The largest absolute Gasteiger partial charge is 0.351 e. The molecule has 0 aromatic carbocycles. The van der Waals surface area contributed by atoms with E-state index >= 15 is 0 Å². The zero-order valence-corrected chi connectivity index (χ0v) is 11.5. The Morgan fingerprint density at radius 1 is 1.28 bits per heavy atom. The minimum absolute atomic E-state index is 0.251.